The molecule has 1 rings (SSSR count). The third-order valence-corrected chi connectivity index (χ3v) is 2.64. The van der Waals surface area contributed by atoms with E-state index in [9.17, 15) is 8.78 Å². The fourth-order valence-electron chi connectivity index (χ4n) is 1.07. The zero-order valence-electron chi connectivity index (χ0n) is 6.97. The van der Waals surface area contributed by atoms with Crippen LogP contribution in [-0.2, 0) is 6.54 Å². The molecule has 0 fully saturated rings. The molecule has 74 valence electrons. The van der Waals surface area contributed by atoms with Crippen LogP contribution in [0.3, 0.4) is 0 Å². The SMILES string of the molecule is N#Cc1cnc(I)c(CN)c1C(F)F. The van der Waals surface area contributed by atoms with Crippen LogP contribution in [-0.4, -0.2) is 4.98 Å². The lowest BCUT2D eigenvalue weighted by molar-refractivity contribution is 0.149. The van der Waals surface area contributed by atoms with E-state index in [4.69, 9.17) is 11.0 Å². The van der Waals surface area contributed by atoms with Crippen molar-refractivity contribution in [1.29, 1.82) is 5.26 Å². The van der Waals surface area contributed by atoms with Crippen molar-refractivity contribution < 1.29 is 8.78 Å². The van der Waals surface area contributed by atoms with Gasteiger partial charge in [-0.05, 0) is 22.6 Å². The Kier molecular flexibility index (Phi) is 3.71. The standard InChI is InChI=1S/C8H6F2IN3/c9-7(10)6-4(1-12)3-14-8(11)5(6)2-13/h3,7H,2,13H2. The first kappa shape index (κ1) is 11.3. The number of hydrogen-bond donors (Lipinski definition) is 1. The molecule has 2 N–H and O–H groups in total. The summed E-state index contributed by atoms with van der Waals surface area (Å²) in [5.74, 6) is 0. The van der Waals surface area contributed by atoms with Gasteiger partial charge >= 0.3 is 0 Å². The number of nitrogens with two attached hydrogens (primary N) is 1. The summed E-state index contributed by atoms with van der Waals surface area (Å²) in [6, 6.07) is 1.68. The zero-order chi connectivity index (χ0) is 10.7. The van der Waals surface area contributed by atoms with Gasteiger partial charge in [0.25, 0.3) is 6.43 Å². The van der Waals surface area contributed by atoms with Gasteiger partial charge < -0.3 is 5.73 Å². The first-order valence-electron chi connectivity index (χ1n) is 3.67. The normalized spacial score (nSPS) is 10.3. The van der Waals surface area contributed by atoms with Gasteiger partial charge in [-0.1, -0.05) is 0 Å². The number of pyridine rings is 1. The molecular weight excluding hydrogens is 303 g/mol. The Morgan fingerprint density at radius 1 is 1.64 bits per heavy atom. The number of nitrogens with zero attached hydrogens (tertiary/aromatic N) is 2. The van der Waals surface area contributed by atoms with Gasteiger partial charge in [0.05, 0.1) is 5.56 Å². The van der Waals surface area contributed by atoms with Crippen molar-refractivity contribution in [3.05, 3.63) is 26.6 Å². The summed E-state index contributed by atoms with van der Waals surface area (Å²) in [5.41, 5.74) is 5.17. The van der Waals surface area contributed by atoms with Gasteiger partial charge in [0.15, 0.2) is 0 Å². The van der Waals surface area contributed by atoms with Crippen LogP contribution in [0, 0.1) is 15.0 Å². The highest BCUT2D eigenvalue weighted by molar-refractivity contribution is 14.1. The van der Waals surface area contributed by atoms with E-state index in [1.165, 1.54) is 0 Å². The van der Waals surface area contributed by atoms with Crippen molar-refractivity contribution in [2.24, 2.45) is 5.73 Å². The van der Waals surface area contributed by atoms with E-state index < -0.39 is 6.43 Å². The van der Waals surface area contributed by atoms with Gasteiger partial charge in [-0.2, -0.15) is 5.26 Å². The van der Waals surface area contributed by atoms with Gasteiger partial charge in [-0.15, -0.1) is 0 Å². The van der Waals surface area contributed by atoms with Crippen LogP contribution in [0.4, 0.5) is 8.78 Å². The average molecular weight is 309 g/mol. The van der Waals surface area contributed by atoms with E-state index in [0.29, 0.717) is 3.70 Å². The first-order chi connectivity index (χ1) is 6.61. The van der Waals surface area contributed by atoms with Crippen molar-refractivity contribution in [2.75, 3.05) is 0 Å². The van der Waals surface area contributed by atoms with Crippen LogP contribution in [0.5, 0.6) is 0 Å². The van der Waals surface area contributed by atoms with E-state index in [0.717, 1.165) is 6.20 Å². The molecule has 0 spiro atoms. The molecule has 3 nitrogen and oxygen atoms in total. The Labute approximate surface area is 93.1 Å². The lowest BCUT2D eigenvalue weighted by atomic mass is 10.1. The highest BCUT2D eigenvalue weighted by atomic mass is 127. The molecule has 0 aliphatic rings. The summed E-state index contributed by atoms with van der Waals surface area (Å²) in [6.07, 6.45) is -1.55. The molecule has 6 heteroatoms. The second-order valence-electron chi connectivity index (χ2n) is 2.47. The molecular formula is C8H6F2IN3. The molecule has 0 aliphatic heterocycles. The van der Waals surface area contributed by atoms with E-state index in [2.05, 4.69) is 4.98 Å². The van der Waals surface area contributed by atoms with Crippen LogP contribution in [0.1, 0.15) is 23.1 Å². The topological polar surface area (TPSA) is 62.7 Å². The smallest absolute Gasteiger partial charge is 0.265 e. The predicted molar refractivity (Wildman–Crippen MR) is 54.5 cm³/mol. The summed E-state index contributed by atoms with van der Waals surface area (Å²) >= 11 is 1.82. The third kappa shape index (κ3) is 1.99. The lowest BCUT2D eigenvalue weighted by Gasteiger charge is -2.09. The number of nitriles is 1. The van der Waals surface area contributed by atoms with Crippen LogP contribution in [0.2, 0.25) is 0 Å². The van der Waals surface area contributed by atoms with Crippen molar-refractivity contribution >= 4 is 22.6 Å². The average Bonchev–Trinajstić information content (AvgIpc) is 2.17. The van der Waals surface area contributed by atoms with Gasteiger partial charge in [0, 0.05) is 23.9 Å². The molecule has 0 radical (unpaired) electrons. The van der Waals surface area contributed by atoms with Crippen molar-refractivity contribution in [3.8, 4) is 6.07 Å². The Balaban J connectivity index is 3.46. The molecule has 14 heavy (non-hydrogen) atoms. The van der Waals surface area contributed by atoms with Crippen LogP contribution in [0.25, 0.3) is 0 Å². The van der Waals surface area contributed by atoms with E-state index >= 15 is 0 Å². The molecule has 0 bridgehead atoms. The summed E-state index contributed by atoms with van der Waals surface area (Å²) < 4.78 is 25.6. The largest absolute Gasteiger partial charge is 0.326 e. The van der Waals surface area contributed by atoms with E-state index in [-0.39, 0.29) is 23.2 Å². The molecule has 0 aromatic carbocycles. The minimum atomic E-state index is -2.69. The minimum Gasteiger partial charge on any atom is -0.326 e. The number of hydrogen-bond acceptors (Lipinski definition) is 3. The van der Waals surface area contributed by atoms with Gasteiger partial charge in [0.2, 0.25) is 0 Å². The molecule has 0 saturated carbocycles. The maximum Gasteiger partial charge on any atom is 0.265 e. The van der Waals surface area contributed by atoms with Crippen molar-refractivity contribution in [1.82, 2.24) is 4.98 Å². The highest BCUT2D eigenvalue weighted by Gasteiger charge is 2.20. The molecule has 1 aromatic heterocycles. The summed E-state index contributed by atoms with van der Waals surface area (Å²) in [6.45, 7) is -0.0412. The molecule has 1 aromatic rings. The van der Waals surface area contributed by atoms with E-state index in [1.807, 2.05) is 22.6 Å². The maximum absolute atomic E-state index is 12.6. The molecule has 0 amide bonds. The second-order valence-corrected chi connectivity index (χ2v) is 3.49. The fraction of sp³-hybridized carbons (Fsp3) is 0.250. The summed E-state index contributed by atoms with van der Waals surface area (Å²) in [4.78, 5) is 3.81. The fourth-order valence-corrected chi connectivity index (χ4v) is 1.72. The Morgan fingerprint density at radius 2 is 2.29 bits per heavy atom. The third-order valence-electron chi connectivity index (χ3n) is 1.71. The van der Waals surface area contributed by atoms with Crippen LogP contribution >= 0.6 is 22.6 Å². The Hall–Kier alpha value is -0.810. The maximum atomic E-state index is 12.6. The quantitative estimate of drug-likeness (QED) is 0.671. The summed E-state index contributed by atoms with van der Waals surface area (Å²) in [5, 5.41) is 8.61. The van der Waals surface area contributed by atoms with Gasteiger partial charge in [-0.3, -0.25) is 0 Å². The monoisotopic (exact) mass is 309 g/mol. The van der Waals surface area contributed by atoms with Gasteiger partial charge in [0.1, 0.15) is 9.77 Å². The van der Waals surface area contributed by atoms with E-state index in [1.54, 1.807) is 6.07 Å². The summed E-state index contributed by atoms with van der Waals surface area (Å²) in [7, 11) is 0. The highest BCUT2D eigenvalue weighted by Crippen LogP contribution is 2.28. The second kappa shape index (κ2) is 4.61. The Morgan fingerprint density at radius 3 is 2.71 bits per heavy atom. The number of halogens is 3. The van der Waals surface area contributed by atoms with Crippen molar-refractivity contribution in [3.63, 3.8) is 0 Å². The predicted octanol–water partition coefficient (Wildman–Crippen LogP) is 1.95. The number of alkyl halides is 2. The van der Waals surface area contributed by atoms with Gasteiger partial charge in [-0.25, -0.2) is 13.8 Å². The molecule has 0 saturated heterocycles. The number of rotatable bonds is 2. The zero-order valence-corrected chi connectivity index (χ0v) is 9.12. The molecule has 0 atom stereocenters. The van der Waals surface area contributed by atoms with Crippen molar-refractivity contribution in [2.45, 2.75) is 13.0 Å². The number of aromatic nitrogens is 1. The van der Waals surface area contributed by atoms with Crippen LogP contribution < -0.4 is 5.73 Å². The Bertz CT molecular complexity index is 387. The molecule has 1 heterocycles. The molecule has 0 unspecified atom stereocenters. The first-order valence-corrected chi connectivity index (χ1v) is 4.75. The van der Waals surface area contributed by atoms with Crippen LogP contribution in [0.15, 0.2) is 6.20 Å². The minimum absolute atomic E-state index is 0.0412. The molecule has 0 aliphatic carbocycles. The lowest BCUT2D eigenvalue weighted by Crippen LogP contribution is -2.08.